The van der Waals surface area contributed by atoms with Crippen molar-refractivity contribution >= 4 is 31.4 Å². The minimum absolute atomic E-state index is 0. The van der Waals surface area contributed by atoms with Crippen LogP contribution in [0.15, 0.2) is 30.3 Å². The Labute approximate surface area is 113 Å². The third kappa shape index (κ3) is 4.17. The van der Waals surface area contributed by atoms with E-state index in [1.807, 2.05) is 30.3 Å². The predicted molar refractivity (Wildman–Crippen MR) is 72.2 cm³/mol. The Morgan fingerprint density at radius 2 is 1.53 bits per heavy atom. The van der Waals surface area contributed by atoms with Crippen LogP contribution in [0.25, 0.3) is 0 Å². The minimum Gasteiger partial charge on any atom is -1.00 e. The molecule has 1 aromatic carbocycles. The zero-order valence-electron chi connectivity index (χ0n) is 12.5. The zero-order chi connectivity index (χ0) is 10.8. The van der Waals surface area contributed by atoms with Crippen molar-refractivity contribution in [2.75, 3.05) is 0 Å². The van der Waals surface area contributed by atoms with E-state index in [-0.39, 0.29) is 30.9 Å². The zero-order valence-corrected chi connectivity index (χ0v) is 12.9. The summed E-state index contributed by atoms with van der Waals surface area (Å²) in [7, 11) is -1.65. The van der Waals surface area contributed by atoms with Crippen LogP contribution in [0.1, 0.15) is 23.6 Å². The van der Waals surface area contributed by atoms with Crippen molar-refractivity contribution in [3.05, 3.63) is 30.3 Å². The SMILES string of the molecule is CC(C)(C)[Si](C)(C)Oc1ccccc1.[H-].[H-].[Mg+2]. The fraction of sp³-hybridized carbons (Fsp3) is 0.500. The average Bonchev–Trinajstić information content (AvgIpc) is 2.03. The van der Waals surface area contributed by atoms with Crippen molar-refractivity contribution in [2.45, 2.75) is 38.9 Å². The summed E-state index contributed by atoms with van der Waals surface area (Å²) in [6.07, 6.45) is 0. The van der Waals surface area contributed by atoms with Gasteiger partial charge in [-0.15, -0.1) is 0 Å². The fourth-order valence-electron chi connectivity index (χ4n) is 0.936. The fourth-order valence-corrected chi connectivity index (χ4v) is 1.97. The Balaban J connectivity index is -0.000000653. The van der Waals surface area contributed by atoms with Crippen molar-refractivity contribution in [3.8, 4) is 5.75 Å². The second-order valence-electron chi connectivity index (χ2n) is 5.18. The molecule has 0 N–H and O–H groups in total. The second kappa shape index (κ2) is 5.37. The molecule has 0 atom stereocenters. The first-order chi connectivity index (χ1) is 6.33. The van der Waals surface area contributed by atoms with Gasteiger partial charge in [0.25, 0.3) is 0 Å². The topological polar surface area (TPSA) is 9.23 Å². The van der Waals surface area contributed by atoms with Crippen molar-refractivity contribution in [1.29, 1.82) is 0 Å². The summed E-state index contributed by atoms with van der Waals surface area (Å²) in [6.45, 7) is 11.3. The van der Waals surface area contributed by atoms with Gasteiger partial charge in [-0.05, 0) is 30.3 Å². The molecular weight excluding hydrogens is 213 g/mol. The summed E-state index contributed by atoms with van der Waals surface area (Å²) < 4.78 is 6.11. The molecule has 0 aromatic heterocycles. The Bertz CT molecular complexity index is 299. The van der Waals surface area contributed by atoms with E-state index in [4.69, 9.17) is 4.43 Å². The van der Waals surface area contributed by atoms with Gasteiger partial charge in [0.05, 0.1) is 0 Å². The average molecular weight is 235 g/mol. The van der Waals surface area contributed by atoms with Gasteiger partial charge < -0.3 is 7.28 Å². The standard InChI is InChI=1S/C12H20OSi.Mg.2H/c1-12(2,3)14(4,5)13-11-9-7-6-8-10-11;;;/h6-10H,1-5H3;;;/q;+2;2*-1. The molecule has 0 saturated heterocycles. The Kier molecular flexibility index (Phi) is 5.37. The van der Waals surface area contributed by atoms with Gasteiger partial charge in [-0.1, -0.05) is 39.0 Å². The van der Waals surface area contributed by atoms with Gasteiger partial charge >= 0.3 is 23.1 Å². The number of hydrogen-bond donors (Lipinski definition) is 0. The maximum absolute atomic E-state index is 6.11. The van der Waals surface area contributed by atoms with Gasteiger partial charge in [-0.25, -0.2) is 0 Å². The number of rotatable bonds is 2. The predicted octanol–water partition coefficient (Wildman–Crippen LogP) is 3.91. The summed E-state index contributed by atoms with van der Waals surface area (Å²) >= 11 is 0. The van der Waals surface area contributed by atoms with Gasteiger partial charge in [0.15, 0.2) is 0 Å². The molecule has 0 aliphatic heterocycles. The smallest absolute Gasteiger partial charge is 1.00 e. The van der Waals surface area contributed by atoms with Crippen LogP contribution in [0.3, 0.4) is 0 Å². The van der Waals surface area contributed by atoms with E-state index in [9.17, 15) is 0 Å². The summed E-state index contributed by atoms with van der Waals surface area (Å²) in [5.74, 6) is 0.999. The number of para-hydroxylation sites is 1. The molecule has 0 aliphatic rings. The van der Waals surface area contributed by atoms with Crippen LogP contribution in [0.4, 0.5) is 0 Å². The van der Waals surface area contributed by atoms with Gasteiger partial charge in [0.2, 0.25) is 8.32 Å². The third-order valence-corrected chi connectivity index (χ3v) is 7.28. The van der Waals surface area contributed by atoms with Crippen LogP contribution in [-0.4, -0.2) is 31.4 Å². The summed E-state index contributed by atoms with van der Waals surface area (Å²) in [5.41, 5.74) is 0. The van der Waals surface area contributed by atoms with Gasteiger partial charge in [0.1, 0.15) is 5.75 Å². The van der Waals surface area contributed by atoms with Crippen LogP contribution in [0.2, 0.25) is 18.1 Å². The van der Waals surface area contributed by atoms with Crippen molar-refractivity contribution in [2.24, 2.45) is 0 Å². The molecule has 0 bridgehead atoms. The molecule has 3 heteroatoms. The van der Waals surface area contributed by atoms with E-state index >= 15 is 0 Å². The first-order valence-corrected chi connectivity index (χ1v) is 7.98. The Morgan fingerprint density at radius 1 is 1.07 bits per heavy atom. The Hall–Kier alpha value is 0.00312. The minimum atomic E-state index is -1.65. The number of hydrogen-bond acceptors (Lipinski definition) is 1. The van der Waals surface area contributed by atoms with Crippen LogP contribution < -0.4 is 4.43 Å². The molecule has 0 radical (unpaired) electrons. The van der Waals surface area contributed by atoms with E-state index in [2.05, 4.69) is 33.9 Å². The number of benzene rings is 1. The summed E-state index contributed by atoms with van der Waals surface area (Å²) in [4.78, 5) is 0. The van der Waals surface area contributed by atoms with Crippen molar-refractivity contribution in [3.63, 3.8) is 0 Å². The molecule has 0 saturated carbocycles. The molecule has 1 aromatic rings. The molecule has 0 unspecified atom stereocenters. The molecule has 82 valence electrons. The van der Waals surface area contributed by atoms with Crippen LogP contribution in [0, 0.1) is 0 Å². The van der Waals surface area contributed by atoms with Gasteiger partial charge in [-0.2, -0.15) is 0 Å². The normalized spacial score (nSPS) is 11.8. The van der Waals surface area contributed by atoms with Crippen LogP contribution in [0.5, 0.6) is 5.75 Å². The van der Waals surface area contributed by atoms with E-state index in [0.29, 0.717) is 0 Å². The maximum atomic E-state index is 6.11. The molecule has 0 spiro atoms. The summed E-state index contributed by atoms with van der Waals surface area (Å²) in [6, 6.07) is 10.1. The largest absolute Gasteiger partial charge is 2.00 e. The molecule has 0 amide bonds. The monoisotopic (exact) mass is 234 g/mol. The maximum Gasteiger partial charge on any atom is 2.00 e. The van der Waals surface area contributed by atoms with Gasteiger partial charge in [-0.3, -0.25) is 0 Å². The first kappa shape index (κ1) is 15.0. The van der Waals surface area contributed by atoms with Crippen molar-refractivity contribution in [1.82, 2.24) is 0 Å². The molecule has 1 nitrogen and oxygen atoms in total. The van der Waals surface area contributed by atoms with Crippen LogP contribution in [-0.2, 0) is 0 Å². The van der Waals surface area contributed by atoms with Crippen molar-refractivity contribution < 1.29 is 7.28 Å². The molecule has 1 rings (SSSR count). The van der Waals surface area contributed by atoms with E-state index in [1.54, 1.807) is 0 Å². The molecule has 0 heterocycles. The van der Waals surface area contributed by atoms with E-state index < -0.39 is 8.32 Å². The van der Waals surface area contributed by atoms with Crippen LogP contribution >= 0.6 is 0 Å². The molecule has 0 aliphatic carbocycles. The molecular formula is C12H22MgOSi. The quantitative estimate of drug-likeness (QED) is 0.705. The molecule has 0 fully saturated rings. The summed E-state index contributed by atoms with van der Waals surface area (Å²) in [5, 5.41) is 0.267. The third-order valence-electron chi connectivity index (χ3n) is 2.92. The van der Waals surface area contributed by atoms with Gasteiger partial charge in [0, 0.05) is 0 Å². The first-order valence-electron chi connectivity index (χ1n) is 5.07. The Morgan fingerprint density at radius 3 is 1.93 bits per heavy atom. The molecule has 15 heavy (non-hydrogen) atoms. The van der Waals surface area contributed by atoms with E-state index in [1.165, 1.54) is 0 Å². The second-order valence-corrected chi connectivity index (χ2v) is 9.90. The van der Waals surface area contributed by atoms with E-state index in [0.717, 1.165) is 5.75 Å².